The summed E-state index contributed by atoms with van der Waals surface area (Å²) in [5, 5.41) is 4.31. The van der Waals surface area contributed by atoms with Gasteiger partial charge in [-0.15, -0.1) is 0 Å². The fraction of sp³-hybridized carbons (Fsp3) is 0.667. The van der Waals surface area contributed by atoms with Crippen molar-refractivity contribution in [2.45, 2.75) is 27.3 Å². The normalized spacial score (nSPS) is 10.8. The van der Waals surface area contributed by atoms with Crippen molar-refractivity contribution in [1.82, 2.24) is 15.3 Å². The maximum absolute atomic E-state index is 5.07. The number of hydroxylamine groups is 1. The van der Waals surface area contributed by atoms with E-state index in [1.165, 1.54) is 11.3 Å². The minimum Gasteiger partial charge on any atom is -0.302 e. The fourth-order valence-electron chi connectivity index (χ4n) is 1.30. The second-order valence-electron chi connectivity index (χ2n) is 3.03. The third-order valence-electron chi connectivity index (χ3n) is 2.15. The van der Waals surface area contributed by atoms with Crippen molar-refractivity contribution in [2.24, 2.45) is 7.05 Å². The predicted molar refractivity (Wildman–Crippen MR) is 51.1 cm³/mol. The van der Waals surface area contributed by atoms with Crippen LogP contribution in [0.5, 0.6) is 0 Å². The molecule has 0 spiro atoms. The Bertz CT molecular complexity index is 281. The average molecular weight is 183 g/mol. The molecule has 1 N–H and O–H groups in total. The summed E-state index contributed by atoms with van der Waals surface area (Å²) in [5.74, 6) is 0. The fourth-order valence-corrected chi connectivity index (χ4v) is 1.30. The number of hydrogen-bond donors (Lipinski definition) is 1. The van der Waals surface area contributed by atoms with Gasteiger partial charge in [-0.2, -0.15) is 10.6 Å². The number of nitrogens with zero attached hydrogens (tertiary/aromatic N) is 2. The molecule has 0 saturated heterocycles. The van der Waals surface area contributed by atoms with E-state index in [1.54, 1.807) is 0 Å². The van der Waals surface area contributed by atoms with Gasteiger partial charge in [0, 0.05) is 24.8 Å². The Morgan fingerprint density at radius 2 is 2.15 bits per heavy atom. The van der Waals surface area contributed by atoms with Crippen LogP contribution in [-0.2, 0) is 18.4 Å². The van der Waals surface area contributed by atoms with Gasteiger partial charge in [0.25, 0.3) is 0 Å². The van der Waals surface area contributed by atoms with Crippen molar-refractivity contribution in [3.63, 3.8) is 0 Å². The van der Waals surface area contributed by atoms with Gasteiger partial charge < -0.3 is 4.84 Å². The second kappa shape index (κ2) is 4.39. The van der Waals surface area contributed by atoms with Gasteiger partial charge in [0.1, 0.15) is 0 Å². The molecule has 74 valence electrons. The van der Waals surface area contributed by atoms with E-state index in [2.05, 4.69) is 17.5 Å². The smallest absolute Gasteiger partial charge is 0.0654 e. The Kier molecular flexibility index (Phi) is 3.45. The summed E-state index contributed by atoms with van der Waals surface area (Å²) in [5.41, 5.74) is 6.36. The van der Waals surface area contributed by atoms with Gasteiger partial charge >= 0.3 is 0 Å². The van der Waals surface area contributed by atoms with E-state index in [4.69, 9.17) is 4.84 Å². The SMILES string of the molecule is CCONCc1c(C)nn(C)c1C. The lowest BCUT2D eigenvalue weighted by Gasteiger charge is -2.03. The number of hydrogen-bond acceptors (Lipinski definition) is 3. The van der Waals surface area contributed by atoms with E-state index in [1.807, 2.05) is 25.6 Å². The van der Waals surface area contributed by atoms with Crippen LogP contribution < -0.4 is 5.48 Å². The van der Waals surface area contributed by atoms with Gasteiger partial charge in [-0.3, -0.25) is 4.68 Å². The molecule has 0 unspecified atom stereocenters. The quantitative estimate of drug-likeness (QED) is 0.560. The van der Waals surface area contributed by atoms with E-state index < -0.39 is 0 Å². The van der Waals surface area contributed by atoms with Crippen LogP contribution in [0.1, 0.15) is 23.9 Å². The maximum atomic E-state index is 5.07. The molecule has 0 aromatic carbocycles. The Labute approximate surface area is 78.8 Å². The third-order valence-corrected chi connectivity index (χ3v) is 2.15. The molecule has 0 bridgehead atoms. The molecule has 4 heteroatoms. The van der Waals surface area contributed by atoms with Gasteiger partial charge in [-0.25, -0.2) is 0 Å². The molecule has 0 fully saturated rings. The number of aryl methyl sites for hydroxylation is 2. The van der Waals surface area contributed by atoms with Gasteiger partial charge in [0.05, 0.1) is 12.3 Å². The molecule has 0 radical (unpaired) electrons. The van der Waals surface area contributed by atoms with Gasteiger partial charge in [0.2, 0.25) is 0 Å². The highest BCUT2D eigenvalue weighted by Crippen LogP contribution is 2.10. The zero-order valence-corrected chi connectivity index (χ0v) is 8.72. The summed E-state index contributed by atoms with van der Waals surface area (Å²) in [4.78, 5) is 5.07. The monoisotopic (exact) mass is 183 g/mol. The summed E-state index contributed by atoms with van der Waals surface area (Å²) >= 11 is 0. The molecule has 0 atom stereocenters. The molecule has 0 aliphatic carbocycles. The number of nitrogens with one attached hydrogen (secondary N) is 1. The van der Waals surface area contributed by atoms with Crippen molar-refractivity contribution < 1.29 is 4.84 Å². The topological polar surface area (TPSA) is 39.1 Å². The maximum Gasteiger partial charge on any atom is 0.0654 e. The zero-order valence-electron chi connectivity index (χ0n) is 8.72. The highest BCUT2D eigenvalue weighted by molar-refractivity contribution is 5.23. The molecule has 0 amide bonds. The molecule has 4 nitrogen and oxygen atoms in total. The average Bonchev–Trinajstić information content (AvgIpc) is 2.32. The summed E-state index contributed by atoms with van der Waals surface area (Å²) in [6.45, 7) is 7.42. The van der Waals surface area contributed by atoms with Crippen LogP contribution in [0.25, 0.3) is 0 Å². The largest absolute Gasteiger partial charge is 0.302 e. The lowest BCUT2D eigenvalue weighted by molar-refractivity contribution is 0.0461. The lowest BCUT2D eigenvalue weighted by atomic mass is 10.2. The molecule has 1 rings (SSSR count). The summed E-state index contributed by atoms with van der Waals surface area (Å²) in [6.07, 6.45) is 0. The Balaban J connectivity index is 2.64. The van der Waals surface area contributed by atoms with Crippen LogP contribution >= 0.6 is 0 Å². The third kappa shape index (κ3) is 2.29. The van der Waals surface area contributed by atoms with Crippen molar-refractivity contribution in [2.75, 3.05) is 6.61 Å². The first-order valence-electron chi connectivity index (χ1n) is 4.50. The van der Waals surface area contributed by atoms with Crippen LogP contribution in [0, 0.1) is 13.8 Å². The summed E-state index contributed by atoms with van der Waals surface area (Å²) in [6, 6.07) is 0. The standard InChI is InChI=1S/C9H17N3O/c1-5-13-10-6-9-7(2)11-12(4)8(9)3/h10H,5-6H2,1-4H3. The molecule has 13 heavy (non-hydrogen) atoms. The second-order valence-corrected chi connectivity index (χ2v) is 3.03. The number of aromatic nitrogens is 2. The predicted octanol–water partition coefficient (Wildman–Crippen LogP) is 1.08. The van der Waals surface area contributed by atoms with E-state index in [0.717, 1.165) is 12.2 Å². The van der Waals surface area contributed by atoms with Crippen LogP contribution in [0.15, 0.2) is 0 Å². The van der Waals surface area contributed by atoms with Crippen molar-refractivity contribution in [3.05, 3.63) is 17.0 Å². The minimum absolute atomic E-state index is 0.679. The molecule has 1 aromatic heterocycles. The molecule has 0 saturated carbocycles. The highest BCUT2D eigenvalue weighted by atomic mass is 16.6. The first-order chi connectivity index (χ1) is 6.16. The minimum atomic E-state index is 0.679. The van der Waals surface area contributed by atoms with Gasteiger partial charge in [-0.05, 0) is 20.8 Å². The molecular formula is C9H17N3O. The van der Waals surface area contributed by atoms with Crippen LogP contribution in [0.4, 0.5) is 0 Å². The van der Waals surface area contributed by atoms with E-state index in [9.17, 15) is 0 Å². The van der Waals surface area contributed by atoms with Crippen molar-refractivity contribution in [1.29, 1.82) is 0 Å². The summed E-state index contributed by atoms with van der Waals surface area (Å²) in [7, 11) is 1.95. The number of rotatable bonds is 4. The zero-order chi connectivity index (χ0) is 9.84. The molecule has 0 aliphatic heterocycles. The summed E-state index contributed by atoms with van der Waals surface area (Å²) < 4.78 is 1.89. The van der Waals surface area contributed by atoms with Gasteiger partial charge in [-0.1, -0.05) is 0 Å². The Morgan fingerprint density at radius 3 is 2.62 bits per heavy atom. The van der Waals surface area contributed by atoms with Crippen LogP contribution in [-0.4, -0.2) is 16.4 Å². The van der Waals surface area contributed by atoms with E-state index >= 15 is 0 Å². The molecular weight excluding hydrogens is 166 g/mol. The van der Waals surface area contributed by atoms with Crippen LogP contribution in [0.3, 0.4) is 0 Å². The lowest BCUT2D eigenvalue weighted by Crippen LogP contribution is -2.14. The first kappa shape index (κ1) is 10.2. The van der Waals surface area contributed by atoms with Crippen LogP contribution in [0.2, 0.25) is 0 Å². The first-order valence-corrected chi connectivity index (χ1v) is 4.50. The van der Waals surface area contributed by atoms with Crippen molar-refractivity contribution >= 4 is 0 Å². The molecule has 0 aliphatic rings. The van der Waals surface area contributed by atoms with Gasteiger partial charge in [0.15, 0.2) is 0 Å². The Hall–Kier alpha value is -0.870. The van der Waals surface area contributed by atoms with Crippen molar-refractivity contribution in [3.8, 4) is 0 Å². The molecule has 1 aromatic rings. The van der Waals surface area contributed by atoms with E-state index in [0.29, 0.717) is 6.61 Å². The van der Waals surface area contributed by atoms with E-state index in [-0.39, 0.29) is 0 Å². The highest BCUT2D eigenvalue weighted by Gasteiger charge is 2.07. The Morgan fingerprint density at radius 1 is 1.46 bits per heavy atom. The molecule has 1 heterocycles.